The predicted octanol–water partition coefficient (Wildman–Crippen LogP) is 4.44. The standard InChI is InChI=1S/C19H14F3NO3/c20-19(21,22)15-9-6-13(7-10-15)8-11-17(24)23-16(12-26-18(23)25)14-4-2-1-3-5-14/h1-11,16H,12H2/b11-8+/t16-/m0/s1. The van der Waals surface area contributed by atoms with Crippen molar-refractivity contribution in [2.24, 2.45) is 0 Å². The van der Waals surface area contributed by atoms with Gasteiger partial charge >= 0.3 is 12.3 Å². The Hall–Kier alpha value is -3.09. The molecule has 0 radical (unpaired) electrons. The lowest BCUT2D eigenvalue weighted by atomic mass is 10.1. The lowest BCUT2D eigenvalue weighted by Gasteiger charge is -2.18. The Balaban J connectivity index is 1.75. The van der Waals surface area contributed by atoms with Gasteiger partial charge in [-0.3, -0.25) is 4.79 Å². The molecule has 2 aromatic rings. The van der Waals surface area contributed by atoms with Gasteiger partial charge in [0.05, 0.1) is 5.56 Å². The van der Waals surface area contributed by atoms with Crippen molar-refractivity contribution in [2.75, 3.05) is 6.61 Å². The molecule has 1 heterocycles. The van der Waals surface area contributed by atoms with Crippen LogP contribution in [0, 0.1) is 0 Å². The Morgan fingerprint density at radius 2 is 1.73 bits per heavy atom. The fourth-order valence-corrected chi connectivity index (χ4v) is 2.62. The van der Waals surface area contributed by atoms with Crippen molar-refractivity contribution in [2.45, 2.75) is 12.2 Å². The summed E-state index contributed by atoms with van der Waals surface area (Å²) in [4.78, 5) is 25.3. The minimum atomic E-state index is -4.42. The maximum atomic E-state index is 12.6. The van der Waals surface area contributed by atoms with Crippen LogP contribution in [0.4, 0.5) is 18.0 Å². The van der Waals surface area contributed by atoms with E-state index in [4.69, 9.17) is 4.74 Å². The van der Waals surface area contributed by atoms with Crippen LogP contribution >= 0.6 is 0 Å². The van der Waals surface area contributed by atoms with Crippen LogP contribution in [0.1, 0.15) is 22.7 Å². The number of cyclic esters (lactones) is 1. The van der Waals surface area contributed by atoms with Gasteiger partial charge in [-0.2, -0.15) is 13.2 Å². The summed E-state index contributed by atoms with van der Waals surface area (Å²) in [7, 11) is 0. The predicted molar refractivity (Wildman–Crippen MR) is 87.9 cm³/mol. The first-order chi connectivity index (χ1) is 12.4. The van der Waals surface area contributed by atoms with Crippen molar-refractivity contribution in [1.82, 2.24) is 4.90 Å². The first kappa shape index (κ1) is 17.7. The van der Waals surface area contributed by atoms with E-state index in [0.717, 1.165) is 28.7 Å². The Morgan fingerprint density at radius 1 is 1.08 bits per heavy atom. The van der Waals surface area contributed by atoms with Gasteiger partial charge in [-0.05, 0) is 29.3 Å². The second kappa shape index (κ2) is 7.03. The molecular weight excluding hydrogens is 347 g/mol. The van der Waals surface area contributed by atoms with Gasteiger partial charge in [0.25, 0.3) is 5.91 Å². The molecule has 134 valence electrons. The van der Waals surface area contributed by atoms with Gasteiger partial charge in [0.15, 0.2) is 0 Å². The van der Waals surface area contributed by atoms with E-state index in [1.165, 1.54) is 18.2 Å². The number of carbonyl (C=O) groups is 2. The molecule has 0 saturated carbocycles. The van der Waals surface area contributed by atoms with Crippen molar-refractivity contribution in [3.8, 4) is 0 Å². The summed E-state index contributed by atoms with van der Waals surface area (Å²) in [6.07, 6.45) is -2.66. The molecule has 4 nitrogen and oxygen atoms in total. The van der Waals surface area contributed by atoms with Gasteiger partial charge in [0.2, 0.25) is 0 Å². The molecule has 0 aliphatic carbocycles. The van der Waals surface area contributed by atoms with Gasteiger partial charge in [-0.25, -0.2) is 9.69 Å². The Morgan fingerprint density at radius 3 is 2.35 bits per heavy atom. The number of hydrogen-bond donors (Lipinski definition) is 0. The fourth-order valence-electron chi connectivity index (χ4n) is 2.62. The highest BCUT2D eigenvalue weighted by Gasteiger charge is 2.37. The molecule has 3 rings (SSSR count). The Kier molecular flexibility index (Phi) is 4.79. The van der Waals surface area contributed by atoms with Crippen LogP contribution in [0.2, 0.25) is 0 Å². The zero-order valence-electron chi connectivity index (χ0n) is 13.4. The van der Waals surface area contributed by atoms with Crippen molar-refractivity contribution in [3.63, 3.8) is 0 Å². The second-order valence-corrected chi connectivity index (χ2v) is 5.66. The molecule has 2 aromatic carbocycles. The number of nitrogens with zero attached hydrogens (tertiary/aromatic N) is 1. The zero-order chi connectivity index (χ0) is 18.7. The van der Waals surface area contributed by atoms with Crippen molar-refractivity contribution in [3.05, 3.63) is 77.4 Å². The summed E-state index contributed by atoms with van der Waals surface area (Å²) in [5.74, 6) is -0.596. The molecule has 1 saturated heterocycles. The van der Waals surface area contributed by atoms with E-state index in [1.54, 1.807) is 24.3 Å². The maximum Gasteiger partial charge on any atom is 0.417 e. The molecule has 0 spiro atoms. The topological polar surface area (TPSA) is 46.6 Å². The van der Waals surface area contributed by atoms with Crippen LogP contribution < -0.4 is 0 Å². The van der Waals surface area contributed by atoms with E-state index >= 15 is 0 Å². The summed E-state index contributed by atoms with van der Waals surface area (Å²) in [6.45, 7) is 0.0582. The van der Waals surface area contributed by atoms with E-state index in [9.17, 15) is 22.8 Å². The summed E-state index contributed by atoms with van der Waals surface area (Å²) < 4.78 is 42.6. The number of amides is 2. The largest absolute Gasteiger partial charge is 0.446 e. The molecule has 0 aromatic heterocycles. The van der Waals surface area contributed by atoms with Crippen LogP contribution in [-0.2, 0) is 15.7 Å². The number of halogens is 3. The van der Waals surface area contributed by atoms with E-state index in [2.05, 4.69) is 0 Å². The van der Waals surface area contributed by atoms with E-state index < -0.39 is 29.8 Å². The third-order valence-electron chi connectivity index (χ3n) is 3.95. The summed E-state index contributed by atoms with van der Waals surface area (Å²) in [5.41, 5.74) is 0.401. The minimum Gasteiger partial charge on any atom is -0.446 e. The van der Waals surface area contributed by atoms with Crippen molar-refractivity contribution < 1.29 is 27.5 Å². The zero-order valence-corrected chi connectivity index (χ0v) is 13.4. The van der Waals surface area contributed by atoms with E-state index in [0.29, 0.717) is 5.56 Å². The van der Waals surface area contributed by atoms with Gasteiger partial charge in [0.1, 0.15) is 12.6 Å². The van der Waals surface area contributed by atoms with Gasteiger partial charge < -0.3 is 4.74 Å². The highest BCUT2D eigenvalue weighted by Crippen LogP contribution is 2.30. The smallest absolute Gasteiger partial charge is 0.417 e. The molecule has 1 atom stereocenters. The SMILES string of the molecule is O=C(/C=C/c1ccc(C(F)(F)F)cc1)N1C(=O)OC[C@H]1c1ccccc1. The highest BCUT2D eigenvalue weighted by molar-refractivity contribution is 6.02. The maximum absolute atomic E-state index is 12.6. The molecule has 1 fully saturated rings. The molecule has 0 unspecified atom stereocenters. The summed E-state index contributed by atoms with van der Waals surface area (Å²) >= 11 is 0. The monoisotopic (exact) mass is 361 g/mol. The Bertz CT molecular complexity index is 829. The number of ether oxygens (including phenoxy) is 1. The van der Waals surface area contributed by atoms with Crippen LogP contribution in [0.25, 0.3) is 6.08 Å². The van der Waals surface area contributed by atoms with Crippen molar-refractivity contribution in [1.29, 1.82) is 0 Å². The molecule has 7 heteroatoms. The quantitative estimate of drug-likeness (QED) is 0.760. The summed E-state index contributed by atoms with van der Waals surface area (Å²) in [6, 6.07) is 12.8. The molecule has 2 amide bonds. The number of benzene rings is 2. The highest BCUT2D eigenvalue weighted by atomic mass is 19.4. The number of rotatable bonds is 3. The average Bonchev–Trinajstić information content (AvgIpc) is 3.02. The van der Waals surface area contributed by atoms with Gasteiger partial charge in [-0.15, -0.1) is 0 Å². The molecular formula is C19H14F3NO3. The van der Waals surface area contributed by atoms with Gasteiger partial charge in [0, 0.05) is 6.08 Å². The molecule has 1 aliphatic heterocycles. The van der Waals surface area contributed by atoms with Crippen LogP contribution in [0.3, 0.4) is 0 Å². The first-order valence-corrected chi connectivity index (χ1v) is 7.76. The average molecular weight is 361 g/mol. The molecule has 0 bridgehead atoms. The van der Waals surface area contributed by atoms with Crippen LogP contribution in [0.15, 0.2) is 60.7 Å². The first-order valence-electron chi connectivity index (χ1n) is 7.76. The van der Waals surface area contributed by atoms with Crippen LogP contribution in [-0.4, -0.2) is 23.5 Å². The third-order valence-corrected chi connectivity index (χ3v) is 3.95. The lowest BCUT2D eigenvalue weighted by molar-refractivity contribution is -0.137. The normalized spacial score (nSPS) is 17.6. The van der Waals surface area contributed by atoms with E-state index in [-0.39, 0.29) is 6.61 Å². The van der Waals surface area contributed by atoms with Crippen LogP contribution in [0.5, 0.6) is 0 Å². The van der Waals surface area contributed by atoms with E-state index in [1.807, 2.05) is 6.07 Å². The minimum absolute atomic E-state index is 0.0582. The molecule has 1 aliphatic rings. The lowest BCUT2D eigenvalue weighted by Crippen LogP contribution is -2.32. The summed E-state index contributed by atoms with van der Waals surface area (Å²) in [5, 5.41) is 0. The third kappa shape index (κ3) is 3.77. The number of alkyl halides is 3. The fraction of sp³-hybridized carbons (Fsp3) is 0.158. The molecule has 26 heavy (non-hydrogen) atoms. The number of carbonyl (C=O) groups excluding carboxylic acids is 2. The number of hydrogen-bond acceptors (Lipinski definition) is 3. The van der Waals surface area contributed by atoms with Gasteiger partial charge in [-0.1, -0.05) is 42.5 Å². The Labute approximate surface area is 147 Å². The molecule has 0 N–H and O–H groups in total. The van der Waals surface area contributed by atoms with Crippen molar-refractivity contribution >= 4 is 18.1 Å². The second-order valence-electron chi connectivity index (χ2n) is 5.66. The number of imide groups is 1.